The number of fused-ring (bicyclic) bond motifs is 1. The normalized spacial score (nSPS) is 18.1. The predicted octanol–water partition coefficient (Wildman–Crippen LogP) is 2.53. The van der Waals surface area contributed by atoms with Crippen LogP contribution in [-0.4, -0.2) is 6.04 Å². The lowest BCUT2D eigenvalue weighted by Crippen LogP contribution is -2.30. The summed E-state index contributed by atoms with van der Waals surface area (Å²) < 4.78 is 0. The molecule has 14 heavy (non-hydrogen) atoms. The van der Waals surface area contributed by atoms with E-state index in [-0.39, 0.29) is 0 Å². The van der Waals surface area contributed by atoms with Gasteiger partial charge in [-0.1, -0.05) is 37.6 Å². The summed E-state index contributed by atoms with van der Waals surface area (Å²) in [5, 5.41) is 0. The van der Waals surface area contributed by atoms with Crippen LogP contribution in [0.5, 0.6) is 0 Å². The zero-order chi connectivity index (χ0) is 9.97. The molecule has 1 atom stereocenters. The fourth-order valence-corrected chi connectivity index (χ4v) is 2.46. The summed E-state index contributed by atoms with van der Waals surface area (Å²) in [6.07, 6.45) is 4.75. The zero-order valence-corrected chi connectivity index (χ0v) is 8.87. The Labute approximate surface area is 86.3 Å². The molecule has 1 aliphatic rings. The van der Waals surface area contributed by atoms with E-state index in [4.69, 9.17) is 5.73 Å². The fraction of sp³-hybridized carbons (Fsp3) is 0.538. The van der Waals surface area contributed by atoms with Crippen molar-refractivity contribution < 1.29 is 0 Å². The molecule has 0 spiro atoms. The smallest absolute Gasteiger partial charge is 0.00734 e. The van der Waals surface area contributed by atoms with Crippen molar-refractivity contribution in [3.05, 3.63) is 35.4 Å². The third kappa shape index (κ3) is 1.83. The standard InChI is InChI=1S/C13H19N/c1-2-5-13(14)12-8-10-6-3-4-7-11(10)9-12/h3-4,6-7,12-13H,2,5,8-9,14H2,1H3/t13-/m0/s1. The Kier molecular flexibility index (Phi) is 2.87. The molecule has 0 aliphatic heterocycles. The second-order valence-electron chi connectivity index (χ2n) is 4.39. The largest absolute Gasteiger partial charge is 0.327 e. The van der Waals surface area contributed by atoms with Gasteiger partial charge in [0.05, 0.1) is 0 Å². The molecule has 0 heterocycles. The topological polar surface area (TPSA) is 26.0 Å². The van der Waals surface area contributed by atoms with E-state index < -0.39 is 0 Å². The first-order chi connectivity index (χ1) is 6.81. The molecule has 0 bridgehead atoms. The van der Waals surface area contributed by atoms with E-state index in [1.807, 2.05) is 0 Å². The van der Waals surface area contributed by atoms with Crippen molar-refractivity contribution in [3.63, 3.8) is 0 Å². The Morgan fingerprint density at radius 3 is 2.36 bits per heavy atom. The number of benzene rings is 1. The minimum Gasteiger partial charge on any atom is -0.327 e. The van der Waals surface area contributed by atoms with Gasteiger partial charge in [-0.25, -0.2) is 0 Å². The third-order valence-electron chi connectivity index (χ3n) is 3.31. The first-order valence-electron chi connectivity index (χ1n) is 5.63. The van der Waals surface area contributed by atoms with Crippen molar-refractivity contribution in [2.45, 2.75) is 38.6 Å². The highest BCUT2D eigenvalue weighted by molar-refractivity contribution is 5.32. The summed E-state index contributed by atoms with van der Waals surface area (Å²) in [7, 11) is 0. The SMILES string of the molecule is CCC[C@H](N)C1Cc2ccccc2C1. The summed E-state index contributed by atoms with van der Waals surface area (Å²) >= 11 is 0. The van der Waals surface area contributed by atoms with Crippen LogP contribution < -0.4 is 5.73 Å². The molecule has 0 saturated carbocycles. The van der Waals surface area contributed by atoms with Gasteiger partial charge in [-0.2, -0.15) is 0 Å². The number of nitrogens with two attached hydrogens (primary N) is 1. The molecule has 0 saturated heterocycles. The Morgan fingerprint density at radius 1 is 1.29 bits per heavy atom. The van der Waals surface area contributed by atoms with Gasteiger partial charge in [0.2, 0.25) is 0 Å². The first kappa shape index (κ1) is 9.72. The molecule has 2 N–H and O–H groups in total. The lowest BCUT2D eigenvalue weighted by Gasteiger charge is -2.17. The predicted molar refractivity (Wildman–Crippen MR) is 60.2 cm³/mol. The van der Waals surface area contributed by atoms with Crippen LogP contribution in [0.15, 0.2) is 24.3 Å². The average Bonchev–Trinajstić information content (AvgIpc) is 2.61. The van der Waals surface area contributed by atoms with Crippen molar-refractivity contribution in [2.75, 3.05) is 0 Å². The summed E-state index contributed by atoms with van der Waals surface area (Å²) in [4.78, 5) is 0. The molecule has 1 aromatic rings. The zero-order valence-electron chi connectivity index (χ0n) is 8.87. The van der Waals surface area contributed by atoms with Crippen LogP contribution in [0.1, 0.15) is 30.9 Å². The van der Waals surface area contributed by atoms with Gasteiger partial charge in [0, 0.05) is 6.04 Å². The lowest BCUT2D eigenvalue weighted by molar-refractivity contribution is 0.414. The van der Waals surface area contributed by atoms with E-state index in [1.165, 1.54) is 36.8 Å². The van der Waals surface area contributed by atoms with Gasteiger partial charge < -0.3 is 5.73 Å². The molecule has 1 aliphatic carbocycles. The molecule has 0 amide bonds. The monoisotopic (exact) mass is 189 g/mol. The van der Waals surface area contributed by atoms with E-state index in [0.29, 0.717) is 12.0 Å². The summed E-state index contributed by atoms with van der Waals surface area (Å²) in [6, 6.07) is 9.15. The molecule has 76 valence electrons. The Balaban J connectivity index is 2.04. The maximum absolute atomic E-state index is 6.17. The first-order valence-corrected chi connectivity index (χ1v) is 5.63. The molecule has 1 heteroatoms. The number of hydrogen-bond donors (Lipinski definition) is 1. The maximum atomic E-state index is 6.17. The molecule has 0 unspecified atom stereocenters. The van der Waals surface area contributed by atoms with Crippen molar-refractivity contribution in [3.8, 4) is 0 Å². The molecule has 0 fully saturated rings. The quantitative estimate of drug-likeness (QED) is 0.777. The van der Waals surface area contributed by atoms with Gasteiger partial charge in [0.25, 0.3) is 0 Å². The fourth-order valence-electron chi connectivity index (χ4n) is 2.46. The van der Waals surface area contributed by atoms with Gasteiger partial charge >= 0.3 is 0 Å². The highest BCUT2D eigenvalue weighted by Gasteiger charge is 2.25. The molecule has 2 rings (SSSR count). The minimum atomic E-state index is 0.396. The van der Waals surface area contributed by atoms with Gasteiger partial charge in [0.1, 0.15) is 0 Å². The Hall–Kier alpha value is -0.820. The summed E-state index contributed by atoms with van der Waals surface area (Å²) in [5.74, 6) is 0.687. The van der Waals surface area contributed by atoms with Crippen molar-refractivity contribution in [1.29, 1.82) is 0 Å². The average molecular weight is 189 g/mol. The Bertz CT molecular complexity index is 281. The lowest BCUT2D eigenvalue weighted by atomic mass is 9.94. The molecule has 0 aromatic heterocycles. The number of rotatable bonds is 3. The molecule has 1 nitrogen and oxygen atoms in total. The highest BCUT2D eigenvalue weighted by Crippen LogP contribution is 2.29. The van der Waals surface area contributed by atoms with E-state index in [2.05, 4.69) is 31.2 Å². The van der Waals surface area contributed by atoms with Crippen molar-refractivity contribution in [2.24, 2.45) is 11.7 Å². The van der Waals surface area contributed by atoms with Crippen molar-refractivity contribution >= 4 is 0 Å². The van der Waals surface area contributed by atoms with E-state index in [1.54, 1.807) is 0 Å². The highest BCUT2D eigenvalue weighted by atomic mass is 14.7. The second kappa shape index (κ2) is 4.14. The molecule has 1 aromatic carbocycles. The maximum Gasteiger partial charge on any atom is 0.00734 e. The van der Waals surface area contributed by atoms with Crippen LogP contribution in [0.2, 0.25) is 0 Å². The molecular weight excluding hydrogens is 170 g/mol. The van der Waals surface area contributed by atoms with Crippen LogP contribution >= 0.6 is 0 Å². The van der Waals surface area contributed by atoms with Gasteiger partial charge in [-0.05, 0) is 36.3 Å². The molecular formula is C13H19N. The summed E-state index contributed by atoms with van der Waals surface area (Å²) in [6.45, 7) is 2.21. The van der Waals surface area contributed by atoms with Crippen molar-refractivity contribution in [1.82, 2.24) is 0 Å². The number of hydrogen-bond acceptors (Lipinski definition) is 1. The van der Waals surface area contributed by atoms with Crippen LogP contribution in [0.3, 0.4) is 0 Å². The van der Waals surface area contributed by atoms with Crippen LogP contribution in [0.25, 0.3) is 0 Å². The van der Waals surface area contributed by atoms with E-state index in [9.17, 15) is 0 Å². The second-order valence-corrected chi connectivity index (χ2v) is 4.39. The van der Waals surface area contributed by atoms with Crippen LogP contribution in [0, 0.1) is 5.92 Å². The van der Waals surface area contributed by atoms with Gasteiger partial charge in [-0.15, -0.1) is 0 Å². The summed E-state index contributed by atoms with van der Waals surface area (Å²) in [5.41, 5.74) is 9.20. The van der Waals surface area contributed by atoms with E-state index >= 15 is 0 Å². The van der Waals surface area contributed by atoms with E-state index in [0.717, 1.165) is 0 Å². The molecule has 0 radical (unpaired) electrons. The Morgan fingerprint density at radius 2 is 1.86 bits per heavy atom. The van der Waals surface area contributed by atoms with Gasteiger partial charge in [-0.3, -0.25) is 0 Å². The minimum absolute atomic E-state index is 0.396. The van der Waals surface area contributed by atoms with Crippen LogP contribution in [0.4, 0.5) is 0 Å². The van der Waals surface area contributed by atoms with Crippen LogP contribution in [-0.2, 0) is 12.8 Å². The third-order valence-corrected chi connectivity index (χ3v) is 3.31. The van der Waals surface area contributed by atoms with Gasteiger partial charge in [0.15, 0.2) is 0 Å².